The molecule has 2 unspecified atom stereocenters. The fourth-order valence-electron chi connectivity index (χ4n) is 0.750. The number of hydrogen-bond donors (Lipinski definition) is 0. The van der Waals surface area contributed by atoms with E-state index < -0.39 is 19.4 Å². The molecule has 0 N–H and O–H groups in total. The van der Waals surface area contributed by atoms with E-state index in [-0.39, 0.29) is 13.6 Å². The molecule has 8 heteroatoms. The van der Waals surface area contributed by atoms with E-state index in [1.807, 2.05) is 0 Å². The van der Waals surface area contributed by atoms with E-state index in [2.05, 4.69) is 0 Å². The second-order valence-electron chi connectivity index (χ2n) is 2.86. The number of allylic oxidation sites excluding steroid dienone is 2. The van der Waals surface area contributed by atoms with Crippen LogP contribution in [0.5, 0.6) is 0 Å². The minimum absolute atomic E-state index is 0.227. The maximum atomic E-state index is 11.2. The van der Waals surface area contributed by atoms with Gasteiger partial charge in [0.2, 0.25) is 0 Å². The van der Waals surface area contributed by atoms with Crippen molar-refractivity contribution in [3.63, 3.8) is 0 Å². The van der Waals surface area contributed by atoms with Gasteiger partial charge in [0, 0.05) is 0 Å². The Morgan fingerprint density at radius 2 is 1.39 bits per heavy atom. The molecule has 5 nitrogen and oxygen atoms in total. The molecule has 18 heavy (non-hydrogen) atoms. The van der Waals surface area contributed by atoms with Crippen molar-refractivity contribution in [1.82, 2.24) is 0 Å². The van der Waals surface area contributed by atoms with Crippen LogP contribution in [-0.2, 0) is 23.1 Å². The largest absolute Gasteiger partial charge is 0.332 e. The molecule has 0 heterocycles. The van der Waals surface area contributed by atoms with E-state index in [4.69, 9.17) is 41.7 Å². The van der Waals surface area contributed by atoms with Crippen LogP contribution in [0.15, 0.2) is 24.3 Å². The van der Waals surface area contributed by atoms with Crippen molar-refractivity contribution in [2.24, 2.45) is 0 Å². The molecule has 0 aromatic heterocycles. The molecule has 0 rings (SSSR count). The molecule has 0 aromatic carbocycles. The quantitative estimate of drug-likeness (QED) is 0.266. The lowest BCUT2D eigenvalue weighted by Crippen LogP contribution is -2.06. The Kier molecular flexibility index (Phi) is 12.3. The van der Waals surface area contributed by atoms with Gasteiger partial charge in [0.1, 0.15) is 0 Å². The lowest BCUT2D eigenvalue weighted by Gasteiger charge is -2.09. The highest BCUT2D eigenvalue weighted by atomic mass is 35.5. The van der Waals surface area contributed by atoms with E-state index in [9.17, 15) is 4.57 Å². The number of rotatable bonds is 10. The summed E-state index contributed by atoms with van der Waals surface area (Å²) in [5.74, 6) is 0. The molecule has 0 radical (unpaired) electrons. The Hall–Kier alpha value is 0.130. The van der Waals surface area contributed by atoms with Crippen molar-refractivity contribution in [2.75, 3.05) is 13.6 Å². The van der Waals surface area contributed by atoms with Gasteiger partial charge in [0.15, 0.2) is 24.7 Å². The van der Waals surface area contributed by atoms with Gasteiger partial charge >= 0.3 is 8.25 Å². The van der Waals surface area contributed by atoms with Crippen LogP contribution in [0.1, 0.15) is 13.8 Å². The molecule has 0 aromatic rings. The van der Waals surface area contributed by atoms with Crippen molar-refractivity contribution in [3.05, 3.63) is 24.3 Å². The first-order chi connectivity index (χ1) is 8.60. The van der Waals surface area contributed by atoms with Crippen LogP contribution in [0.25, 0.3) is 0 Å². The zero-order valence-electron chi connectivity index (χ0n) is 10.2. The summed E-state index contributed by atoms with van der Waals surface area (Å²) in [6.07, 6.45) is 6.68. The number of ether oxygens (including phenoxy) is 2. The average molecular weight is 319 g/mol. The molecule has 0 spiro atoms. The van der Waals surface area contributed by atoms with Crippen LogP contribution in [0, 0.1) is 0 Å². The second kappa shape index (κ2) is 12.2. The predicted octanol–water partition coefficient (Wildman–Crippen LogP) is 3.64. The van der Waals surface area contributed by atoms with Gasteiger partial charge < -0.3 is 9.47 Å². The summed E-state index contributed by atoms with van der Waals surface area (Å²) in [6.45, 7) is 3.15. The third kappa shape index (κ3) is 11.2. The normalized spacial score (nSPS) is 17.3. The second-order valence-corrected chi connectivity index (χ2v) is 4.80. The lowest BCUT2D eigenvalue weighted by atomic mass is 10.5. The fraction of sp³-hybridized carbons (Fsp3) is 0.600. The van der Waals surface area contributed by atoms with Crippen LogP contribution < -0.4 is 0 Å². The Morgan fingerprint density at radius 1 is 1.00 bits per heavy atom. The average Bonchev–Trinajstić information content (AvgIpc) is 2.29. The fourth-order valence-corrected chi connectivity index (χ4v) is 1.56. The molecule has 0 saturated carbocycles. The molecule has 0 bridgehead atoms. The van der Waals surface area contributed by atoms with Crippen molar-refractivity contribution in [1.29, 1.82) is 0 Å². The van der Waals surface area contributed by atoms with E-state index in [1.165, 1.54) is 0 Å². The minimum Gasteiger partial charge on any atom is -0.332 e. The van der Waals surface area contributed by atoms with E-state index in [1.54, 1.807) is 38.2 Å². The maximum absolute atomic E-state index is 11.2. The van der Waals surface area contributed by atoms with Gasteiger partial charge in [0.25, 0.3) is 0 Å². The van der Waals surface area contributed by atoms with Crippen LogP contribution in [0.2, 0.25) is 0 Å². The summed E-state index contributed by atoms with van der Waals surface area (Å²) in [5.41, 5.74) is -1.24. The maximum Gasteiger partial charge on any atom is 0.323 e. The summed E-state index contributed by atoms with van der Waals surface area (Å²) >= 11 is 11.3. The van der Waals surface area contributed by atoms with Gasteiger partial charge in [-0.05, 0) is 26.0 Å². The monoisotopic (exact) mass is 318 g/mol. The summed E-state index contributed by atoms with van der Waals surface area (Å²) in [5, 5.41) is 0. The summed E-state index contributed by atoms with van der Waals surface area (Å²) in [6, 6.07) is 0. The van der Waals surface area contributed by atoms with Crippen LogP contribution in [-0.4, -0.2) is 24.7 Å². The van der Waals surface area contributed by atoms with Gasteiger partial charge in [-0.1, -0.05) is 35.4 Å². The molecule has 0 saturated heterocycles. The van der Waals surface area contributed by atoms with E-state index in [0.717, 1.165) is 0 Å². The Morgan fingerprint density at radius 3 is 1.72 bits per heavy atom. The molecule has 0 fully saturated rings. The first-order valence-corrected chi connectivity index (χ1v) is 7.26. The number of halogens is 2. The molecule has 2 atom stereocenters. The highest BCUT2D eigenvalue weighted by Crippen LogP contribution is 2.24. The van der Waals surface area contributed by atoms with Gasteiger partial charge in [-0.15, -0.1) is 0 Å². The third-order valence-corrected chi connectivity index (χ3v) is 2.75. The molecule has 0 aliphatic carbocycles. The van der Waals surface area contributed by atoms with Crippen LogP contribution in [0.4, 0.5) is 0 Å². The first-order valence-electron chi connectivity index (χ1n) is 5.16. The predicted molar refractivity (Wildman–Crippen MR) is 72.0 cm³/mol. The van der Waals surface area contributed by atoms with Crippen molar-refractivity contribution in [2.45, 2.75) is 25.0 Å². The summed E-state index contributed by atoms with van der Waals surface area (Å²) in [7, 11) is -2.68. The Bertz CT molecular complexity index is 259. The first kappa shape index (κ1) is 18.1. The highest BCUT2D eigenvalue weighted by Gasteiger charge is 2.04. The van der Waals surface area contributed by atoms with Crippen LogP contribution in [0.3, 0.4) is 0 Å². The van der Waals surface area contributed by atoms with Gasteiger partial charge in [-0.25, -0.2) is 0 Å². The molecule has 0 amide bonds. The van der Waals surface area contributed by atoms with Crippen molar-refractivity contribution in [3.8, 4) is 0 Å². The zero-order chi connectivity index (χ0) is 13.8. The molecule has 0 aliphatic heterocycles. The van der Waals surface area contributed by atoms with E-state index in [0.29, 0.717) is 0 Å². The zero-order valence-corrected chi connectivity index (χ0v) is 12.7. The minimum atomic E-state index is -2.68. The third-order valence-electron chi connectivity index (χ3n) is 1.50. The Labute approximate surface area is 118 Å². The smallest absolute Gasteiger partial charge is 0.323 e. The van der Waals surface area contributed by atoms with Gasteiger partial charge in [-0.2, -0.15) is 0 Å². The van der Waals surface area contributed by atoms with Crippen molar-refractivity contribution < 1.29 is 23.1 Å². The summed E-state index contributed by atoms with van der Waals surface area (Å²) < 4.78 is 30.6. The standard InChI is InChI=1S/C10H17Cl2O5P/c1-3-5-9(11)14-7-16-18(13)17-8-15-10(12)6-4-2/h3-6,9-10,18H,7-8H2,1-2H3/b5-3-,6-4-. The molecule has 106 valence electrons. The topological polar surface area (TPSA) is 54.0 Å². The van der Waals surface area contributed by atoms with Crippen molar-refractivity contribution >= 4 is 31.5 Å². The van der Waals surface area contributed by atoms with Crippen LogP contribution >= 0.6 is 31.5 Å². The summed E-state index contributed by atoms with van der Waals surface area (Å²) in [4.78, 5) is 0. The number of alkyl halides is 2. The molecular formula is C10H17Cl2O5P. The van der Waals surface area contributed by atoms with E-state index >= 15 is 0 Å². The Balaban J connectivity index is 3.54. The lowest BCUT2D eigenvalue weighted by molar-refractivity contribution is -0.0188. The molecule has 0 aliphatic rings. The SMILES string of the molecule is C/C=C\C(Cl)OCO[PH](=O)OCOC(Cl)/C=C\C. The van der Waals surface area contributed by atoms with Gasteiger partial charge in [0.05, 0.1) is 0 Å². The van der Waals surface area contributed by atoms with Gasteiger partial charge in [-0.3, -0.25) is 13.6 Å². The number of hydrogen-bond acceptors (Lipinski definition) is 5. The highest BCUT2D eigenvalue weighted by molar-refractivity contribution is 7.33. The molecular weight excluding hydrogens is 302 g/mol.